The summed E-state index contributed by atoms with van der Waals surface area (Å²) in [5.74, 6) is 1.00. The molecule has 0 aliphatic heterocycles. The van der Waals surface area contributed by atoms with E-state index in [9.17, 15) is 0 Å². The van der Waals surface area contributed by atoms with Crippen molar-refractivity contribution < 1.29 is 0 Å². The number of aromatic amines is 1. The van der Waals surface area contributed by atoms with Crippen LogP contribution in [0.1, 0.15) is 25.3 Å². The summed E-state index contributed by atoms with van der Waals surface area (Å²) in [6.45, 7) is 4.36. The number of rotatable bonds is 3. The first-order chi connectivity index (χ1) is 10.1. The van der Waals surface area contributed by atoms with Gasteiger partial charge in [-0.3, -0.25) is 5.10 Å². The second kappa shape index (κ2) is 5.09. The van der Waals surface area contributed by atoms with Gasteiger partial charge in [0.15, 0.2) is 5.82 Å². The van der Waals surface area contributed by atoms with E-state index in [2.05, 4.69) is 53.3 Å². The molecule has 108 valence electrons. The molecule has 3 rings (SSSR count). The number of nitrogens with two attached hydrogens (primary N) is 1. The minimum atomic E-state index is 0.493. The van der Waals surface area contributed by atoms with Gasteiger partial charge in [0, 0.05) is 13.2 Å². The van der Waals surface area contributed by atoms with Crippen molar-refractivity contribution in [3.05, 3.63) is 42.4 Å². The van der Waals surface area contributed by atoms with Crippen molar-refractivity contribution in [1.82, 2.24) is 19.7 Å². The SMILES string of the molecule is CC(C)c1ccc(-c2c(N)n[nH]c2-c2cn(C)cn2)cc1. The van der Waals surface area contributed by atoms with Gasteiger partial charge in [-0.05, 0) is 17.0 Å². The molecule has 0 amide bonds. The first kappa shape index (κ1) is 13.4. The molecule has 0 aliphatic carbocycles. The Labute approximate surface area is 123 Å². The Morgan fingerprint density at radius 3 is 2.48 bits per heavy atom. The summed E-state index contributed by atoms with van der Waals surface area (Å²) in [5, 5.41) is 7.13. The van der Waals surface area contributed by atoms with Gasteiger partial charge in [-0.2, -0.15) is 5.10 Å². The normalized spacial score (nSPS) is 11.2. The molecule has 1 aromatic carbocycles. The molecule has 5 heteroatoms. The fourth-order valence-electron chi connectivity index (χ4n) is 2.41. The standard InChI is InChI=1S/C16H19N5/c1-10(2)11-4-6-12(7-5-11)14-15(19-20-16(14)17)13-8-21(3)9-18-13/h4-10H,1-3H3,(H3,17,19,20). The number of aromatic nitrogens is 4. The molecule has 0 bridgehead atoms. The van der Waals surface area contributed by atoms with Gasteiger partial charge in [-0.25, -0.2) is 4.98 Å². The molecule has 21 heavy (non-hydrogen) atoms. The fraction of sp³-hybridized carbons (Fsp3) is 0.250. The number of nitrogen functional groups attached to an aromatic ring is 1. The second-order valence-corrected chi connectivity index (χ2v) is 5.56. The summed E-state index contributed by atoms with van der Waals surface area (Å²) >= 11 is 0. The lowest BCUT2D eigenvalue weighted by Gasteiger charge is -2.07. The largest absolute Gasteiger partial charge is 0.382 e. The summed E-state index contributed by atoms with van der Waals surface area (Å²) in [7, 11) is 1.94. The number of nitrogens with zero attached hydrogens (tertiary/aromatic N) is 3. The van der Waals surface area contributed by atoms with E-state index >= 15 is 0 Å². The van der Waals surface area contributed by atoms with Crippen molar-refractivity contribution in [1.29, 1.82) is 0 Å². The van der Waals surface area contributed by atoms with E-state index in [0.717, 1.165) is 22.5 Å². The summed E-state index contributed by atoms with van der Waals surface area (Å²) in [6.07, 6.45) is 3.71. The van der Waals surface area contributed by atoms with Gasteiger partial charge in [0.05, 0.1) is 17.6 Å². The Morgan fingerprint density at radius 2 is 1.90 bits per heavy atom. The molecule has 5 nitrogen and oxygen atoms in total. The van der Waals surface area contributed by atoms with Crippen LogP contribution in [0.15, 0.2) is 36.8 Å². The number of nitrogens with one attached hydrogen (secondary N) is 1. The third kappa shape index (κ3) is 2.42. The molecule has 0 unspecified atom stereocenters. The smallest absolute Gasteiger partial charge is 0.153 e. The van der Waals surface area contributed by atoms with Crippen LogP contribution in [0.2, 0.25) is 0 Å². The van der Waals surface area contributed by atoms with E-state index in [4.69, 9.17) is 5.73 Å². The van der Waals surface area contributed by atoms with Gasteiger partial charge in [-0.1, -0.05) is 38.1 Å². The third-order valence-electron chi connectivity index (χ3n) is 3.62. The molecule has 2 heterocycles. The predicted molar refractivity (Wildman–Crippen MR) is 84.7 cm³/mol. The number of imidazole rings is 1. The van der Waals surface area contributed by atoms with E-state index in [1.165, 1.54) is 5.56 Å². The quantitative estimate of drug-likeness (QED) is 0.774. The topological polar surface area (TPSA) is 72.5 Å². The van der Waals surface area contributed by atoms with Crippen molar-refractivity contribution in [2.75, 3.05) is 5.73 Å². The van der Waals surface area contributed by atoms with Crippen LogP contribution in [0.25, 0.3) is 22.5 Å². The third-order valence-corrected chi connectivity index (χ3v) is 3.62. The number of anilines is 1. The van der Waals surface area contributed by atoms with Gasteiger partial charge in [0.25, 0.3) is 0 Å². The van der Waals surface area contributed by atoms with Crippen LogP contribution in [0.3, 0.4) is 0 Å². The number of hydrogen-bond donors (Lipinski definition) is 2. The summed E-state index contributed by atoms with van der Waals surface area (Å²) < 4.78 is 1.90. The maximum Gasteiger partial charge on any atom is 0.153 e. The van der Waals surface area contributed by atoms with E-state index < -0.39 is 0 Å². The molecular formula is C16H19N5. The van der Waals surface area contributed by atoms with Crippen molar-refractivity contribution in [2.45, 2.75) is 19.8 Å². The molecular weight excluding hydrogens is 262 g/mol. The van der Waals surface area contributed by atoms with Crippen molar-refractivity contribution in [3.8, 4) is 22.5 Å². The predicted octanol–water partition coefficient (Wildman–Crippen LogP) is 3.18. The van der Waals surface area contributed by atoms with Crippen molar-refractivity contribution >= 4 is 5.82 Å². The number of hydrogen-bond acceptors (Lipinski definition) is 3. The zero-order chi connectivity index (χ0) is 15.0. The van der Waals surface area contributed by atoms with Crippen LogP contribution in [0.4, 0.5) is 5.82 Å². The van der Waals surface area contributed by atoms with E-state index in [1.807, 2.05) is 17.8 Å². The molecule has 0 atom stereocenters. The van der Waals surface area contributed by atoms with E-state index in [1.54, 1.807) is 6.33 Å². The molecule has 0 saturated carbocycles. The fourth-order valence-corrected chi connectivity index (χ4v) is 2.41. The van der Waals surface area contributed by atoms with Crippen molar-refractivity contribution in [2.24, 2.45) is 7.05 Å². The summed E-state index contributed by atoms with van der Waals surface area (Å²) in [5.41, 5.74) is 11.0. The average molecular weight is 281 g/mol. The highest BCUT2D eigenvalue weighted by atomic mass is 15.2. The highest BCUT2D eigenvalue weighted by molar-refractivity contribution is 5.86. The minimum Gasteiger partial charge on any atom is -0.382 e. The molecule has 3 N–H and O–H groups in total. The second-order valence-electron chi connectivity index (χ2n) is 5.56. The number of H-pyrrole nitrogens is 1. The van der Waals surface area contributed by atoms with E-state index in [-0.39, 0.29) is 0 Å². The van der Waals surface area contributed by atoms with Crippen LogP contribution in [-0.4, -0.2) is 19.7 Å². The zero-order valence-electron chi connectivity index (χ0n) is 12.5. The summed E-state index contributed by atoms with van der Waals surface area (Å²) in [6, 6.07) is 8.44. The lowest BCUT2D eigenvalue weighted by atomic mass is 9.98. The molecule has 2 aromatic heterocycles. The molecule has 0 aliphatic rings. The first-order valence-electron chi connectivity index (χ1n) is 6.98. The maximum absolute atomic E-state index is 6.04. The van der Waals surface area contributed by atoms with Crippen LogP contribution < -0.4 is 5.73 Å². The van der Waals surface area contributed by atoms with E-state index in [0.29, 0.717) is 11.7 Å². The lowest BCUT2D eigenvalue weighted by Crippen LogP contribution is -1.91. The van der Waals surface area contributed by atoms with Crippen LogP contribution in [0.5, 0.6) is 0 Å². The highest BCUT2D eigenvalue weighted by Gasteiger charge is 2.16. The Kier molecular flexibility index (Phi) is 3.25. The number of benzene rings is 1. The average Bonchev–Trinajstić information content (AvgIpc) is 3.05. The lowest BCUT2D eigenvalue weighted by molar-refractivity contribution is 0.867. The van der Waals surface area contributed by atoms with Crippen molar-refractivity contribution in [3.63, 3.8) is 0 Å². The zero-order valence-corrected chi connectivity index (χ0v) is 12.5. The van der Waals surface area contributed by atoms with Gasteiger partial charge in [0.1, 0.15) is 5.69 Å². The summed E-state index contributed by atoms with van der Waals surface area (Å²) in [4.78, 5) is 4.37. The van der Waals surface area contributed by atoms with Gasteiger partial charge in [0.2, 0.25) is 0 Å². The Morgan fingerprint density at radius 1 is 1.19 bits per heavy atom. The maximum atomic E-state index is 6.04. The van der Waals surface area contributed by atoms with Gasteiger partial charge in [-0.15, -0.1) is 0 Å². The van der Waals surface area contributed by atoms with Gasteiger partial charge >= 0.3 is 0 Å². The Balaban J connectivity index is 2.08. The monoisotopic (exact) mass is 281 g/mol. The molecule has 0 fully saturated rings. The van der Waals surface area contributed by atoms with Crippen LogP contribution in [-0.2, 0) is 7.05 Å². The van der Waals surface area contributed by atoms with Crippen LogP contribution >= 0.6 is 0 Å². The minimum absolute atomic E-state index is 0.493. The molecule has 0 radical (unpaired) electrons. The Hall–Kier alpha value is -2.56. The molecule has 0 saturated heterocycles. The first-order valence-corrected chi connectivity index (χ1v) is 6.98. The van der Waals surface area contributed by atoms with Gasteiger partial charge < -0.3 is 10.3 Å². The number of aryl methyl sites for hydroxylation is 1. The molecule has 0 spiro atoms. The Bertz CT molecular complexity index is 749. The molecule has 3 aromatic rings. The van der Waals surface area contributed by atoms with Crippen LogP contribution in [0, 0.1) is 0 Å². The highest BCUT2D eigenvalue weighted by Crippen LogP contribution is 2.34.